The van der Waals surface area contributed by atoms with Crippen molar-refractivity contribution < 1.29 is 18.3 Å². The van der Waals surface area contributed by atoms with Crippen LogP contribution in [0.2, 0.25) is 5.02 Å². The molecule has 0 atom stereocenters. The molecule has 2 N–H and O–H groups in total. The Morgan fingerprint density at radius 3 is 2.71 bits per heavy atom. The quantitative estimate of drug-likeness (QED) is 0.738. The summed E-state index contributed by atoms with van der Waals surface area (Å²) in [6, 6.07) is 5.90. The van der Waals surface area contributed by atoms with Gasteiger partial charge in [0.15, 0.2) is 0 Å². The van der Waals surface area contributed by atoms with Crippen LogP contribution in [-0.2, 0) is 14.8 Å². The summed E-state index contributed by atoms with van der Waals surface area (Å²) < 4.78 is 26.4. The molecular weight excluding hydrogens is 316 g/mol. The molecule has 0 fully saturated rings. The highest BCUT2D eigenvalue weighted by atomic mass is 35.5. The summed E-state index contributed by atoms with van der Waals surface area (Å²) >= 11 is 5.75. The number of carbonyl (C=O) groups is 1. The van der Waals surface area contributed by atoms with E-state index in [1.807, 2.05) is 0 Å². The predicted octanol–water partition coefficient (Wildman–Crippen LogP) is 0.849. The van der Waals surface area contributed by atoms with Crippen molar-refractivity contribution in [1.82, 2.24) is 9.62 Å². The Hall–Kier alpha value is -1.15. The maximum atomic E-state index is 12.0. The molecule has 0 aromatic heterocycles. The van der Waals surface area contributed by atoms with Crippen LogP contribution in [0.25, 0.3) is 0 Å². The zero-order valence-electron chi connectivity index (χ0n) is 11.8. The average molecular weight is 335 g/mol. The molecule has 0 aliphatic rings. The molecule has 1 rings (SSSR count). The van der Waals surface area contributed by atoms with E-state index in [0.29, 0.717) is 11.6 Å². The highest BCUT2D eigenvalue weighted by Gasteiger charge is 2.16. The van der Waals surface area contributed by atoms with E-state index in [0.717, 1.165) is 0 Å². The lowest BCUT2D eigenvalue weighted by Gasteiger charge is -2.19. The molecule has 0 saturated carbocycles. The largest absolute Gasteiger partial charge is 0.395 e. The van der Waals surface area contributed by atoms with Gasteiger partial charge in [-0.05, 0) is 25.1 Å². The molecule has 0 spiro atoms. The van der Waals surface area contributed by atoms with Crippen molar-refractivity contribution in [2.24, 2.45) is 0 Å². The standard InChI is InChI=1S/C13H19ClN2O4S/c1-2-16(8-9-17)13(18)6-7-15-21(19,20)12-5-3-4-11(14)10-12/h3-5,10,15,17H,2,6-9H2,1H3. The van der Waals surface area contributed by atoms with Gasteiger partial charge in [0, 0.05) is 31.1 Å². The summed E-state index contributed by atoms with van der Waals surface area (Å²) in [5.74, 6) is -0.208. The Balaban J connectivity index is 2.57. The van der Waals surface area contributed by atoms with Gasteiger partial charge in [0.05, 0.1) is 11.5 Å². The number of halogens is 1. The van der Waals surface area contributed by atoms with Crippen molar-refractivity contribution in [2.75, 3.05) is 26.2 Å². The van der Waals surface area contributed by atoms with E-state index in [2.05, 4.69) is 4.72 Å². The fourth-order valence-corrected chi connectivity index (χ4v) is 3.08. The lowest BCUT2D eigenvalue weighted by Crippen LogP contribution is -2.36. The predicted molar refractivity (Wildman–Crippen MR) is 80.6 cm³/mol. The van der Waals surface area contributed by atoms with Crippen LogP contribution in [0.15, 0.2) is 29.2 Å². The van der Waals surface area contributed by atoms with Gasteiger partial charge in [-0.25, -0.2) is 13.1 Å². The molecule has 1 amide bonds. The minimum absolute atomic E-state index is 0.00436. The number of hydrogen-bond donors (Lipinski definition) is 2. The van der Waals surface area contributed by atoms with Gasteiger partial charge in [-0.15, -0.1) is 0 Å². The molecule has 0 unspecified atom stereocenters. The molecule has 0 radical (unpaired) electrons. The fourth-order valence-electron chi connectivity index (χ4n) is 1.75. The van der Waals surface area contributed by atoms with Crippen molar-refractivity contribution in [1.29, 1.82) is 0 Å². The summed E-state index contributed by atoms with van der Waals surface area (Å²) in [4.78, 5) is 13.3. The third-order valence-corrected chi connectivity index (χ3v) is 4.54. The first-order valence-electron chi connectivity index (χ1n) is 6.54. The Kier molecular flexibility index (Phi) is 7.10. The molecule has 1 aromatic rings. The van der Waals surface area contributed by atoms with Crippen LogP contribution in [0, 0.1) is 0 Å². The molecule has 21 heavy (non-hydrogen) atoms. The fraction of sp³-hybridized carbons (Fsp3) is 0.462. The van der Waals surface area contributed by atoms with Crippen molar-refractivity contribution in [2.45, 2.75) is 18.2 Å². The second-order valence-corrected chi connectivity index (χ2v) is 6.51. The maximum absolute atomic E-state index is 12.0. The lowest BCUT2D eigenvalue weighted by molar-refractivity contribution is -0.131. The highest BCUT2D eigenvalue weighted by molar-refractivity contribution is 7.89. The topological polar surface area (TPSA) is 86.7 Å². The number of sulfonamides is 1. The summed E-state index contributed by atoms with van der Waals surface area (Å²) in [6.07, 6.45) is 0.0354. The number of aliphatic hydroxyl groups is 1. The van der Waals surface area contributed by atoms with Gasteiger partial charge in [-0.1, -0.05) is 17.7 Å². The first-order valence-corrected chi connectivity index (χ1v) is 8.40. The molecule has 0 aliphatic carbocycles. The maximum Gasteiger partial charge on any atom is 0.240 e. The van der Waals surface area contributed by atoms with Crippen LogP contribution in [0.3, 0.4) is 0 Å². The van der Waals surface area contributed by atoms with Crippen LogP contribution in [0.4, 0.5) is 0 Å². The van der Waals surface area contributed by atoms with E-state index >= 15 is 0 Å². The van der Waals surface area contributed by atoms with E-state index in [9.17, 15) is 13.2 Å². The number of amides is 1. The van der Waals surface area contributed by atoms with Gasteiger partial charge in [0.25, 0.3) is 0 Å². The second kappa shape index (κ2) is 8.33. The van der Waals surface area contributed by atoms with E-state index in [1.165, 1.54) is 17.0 Å². The minimum atomic E-state index is -3.68. The van der Waals surface area contributed by atoms with Gasteiger partial charge in [-0.3, -0.25) is 4.79 Å². The number of nitrogens with one attached hydrogen (secondary N) is 1. The molecule has 0 aliphatic heterocycles. The Morgan fingerprint density at radius 2 is 2.14 bits per heavy atom. The van der Waals surface area contributed by atoms with Crippen LogP contribution in [-0.4, -0.2) is 50.6 Å². The second-order valence-electron chi connectivity index (χ2n) is 4.30. The van der Waals surface area contributed by atoms with Crippen LogP contribution < -0.4 is 4.72 Å². The third kappa shape index (κ3) is 5.62. The summed E-state index contributed by atoms with van der Waals surface area (Å²) in [5, 5.41) is 9.16. The van der Waals surface area contributed by atoms with Gasteiger partial charge in [-0.2, -0.15) is 0 Å². The Bertz CT molecular complexity index is 577. The Morgan fingerprint density at radius 1 is 1.43 bits per heavy atom. The SMILES string of the molecule is CCN(CCO)C(=O)CCNS(=O)(=O)c1cccc(Cl)c1. The lowest BCUT2D eigenvalue weighted by atomic mass is 10.3. The summed E-state index contributed by atoms with van der Waals surface area (Å²) in [6.45, 7) is 2.39. The molecule has 118 valence electrons. The van der Waals surface area contributed by atoms with Crippen LogP contribution in [0.5, 0.6) is 0 Å². The minimum Gasteiger partial charge on any atom is -0.395 e. The molecule has 0 heterocycles. The number of nitrogens with zero attached hydrogens (tertiary/aromatic N) is 1. The number of carbonyl (C=O) groups excluding carboxylic acids is 1. The van der Waals surface area contributed by atoms with Crippen LogP contribution in [0.1, 0.15) is 13.3 Å². The highest BCUT2D eigenvalue weighted by Crippen LogP contribution is 2.15. The zero-order chi connectivity index (χ0) is 15.9. The molecule has 8 heteroatoms. The van der Waals surface area contributed by atoms with Gasteiger partial charge >= 0.3 is 0 Å². The third-order valence-electron chi connectivity index (χ3n) is 2.84. The molecule has 0 bridgehead atoms. The number of aliphatic hydroxyl groups excluding tert-OH is 1. The van der Waals surface area contributed by atoms with Gasteiger partial charge < -0.3 is 10.0 Å². The molecule has 1 aromatic carbocycles. The van der Waals surface area contributed by atoms with Gasteiger partial charge in [0.1, 0.15) is 0 Å². The number of benzene rings is 1. The first-order chi connectivity index (χ1) is 9.90. The van der Waals surface area contributed by atoms with Crippen molar-refractivity contribution in [3.63, 3.8) is 0 Å². The van der Waals surface area contributed by atoms with Crippen LogP contribution >= 0.6 is 11.6 Å². The van der Waals surface area contributed by atoms with E-state index in [-0.39, 0.29) is 36.9 Å². The number of rotatable bonds is 8. The number of hydrogen-bond acceptors (Lipinski definition) is 4. The first kappa shape index (κ1) is 17.9. The average Bonchev–Trinajstić information content (AvgIpc) is 2.44. The van der Waals surface area contributed by atoms with E-state index in [4.69, 9.17) is 16.7 Å². The number of likely N-dealkylation sites (N-methyl/N-ethyl adjacent to an activating group) is 1. The molecule has 6 nitrogen and oxygen atoms in total. The van der Waals surface area contributed by atoms with Crippen molar-refractivity contribution >= 4 is 27.5 Å². The zero-order valence-corrected chi connectivity index (χ0v) is 13.3. The summed E-state index contributed by atoms with van der Waals surface area (Å²) in [7, 11) is -3.68. The normalized spacial score (nSPS) is 11.4. The smallest absolute Gasteiger partial charge is 0.240 e. The van der Waals surface area contributed by atoms with E-state index in [1.54, 1.807) is 19.1 Å². The van der Waals surface area contributed by atoms with E-state index < -0.39 is 10.0 Å². The Labute approximate surface area is 129 Å². The van der Waals surface area contributed by atoms with Gasteiger partial charge in [0.2, 0.25) is 15.9 Å². The monoisotopic (exact) mass is 334 g/mol. The molecule has 0 saturated heterocycles. The molecular formula is C13H19ClN2O4S. The van der Waals surface area contributed by atoms with Crippen molar-refractivity contribution in [3.05, 3.63) is 29.3 Å². The summed E-state index contributed by atoms with van der Waals surface area (Å²) in [5.41, 5.74) is 0. The van der Waals surface area contributed by atoms with Crippen molar-refractivity contribution in [3.8, 4) is 0 Å².